The van der Waals surface area contributed by atoms with Crippen LogP contribution in [0.3, 0.4) is 0 Å². The van der Waals surface area contributed by atoms with Gasteiger partial charge in [0.15, 0.2) is 4.77 Å². The summed E-state index contributed by atoms with van der Waals surface area (Å²) in [5, 5.41) is 0. The summed E-state index contributed by atoms with van der Waals surface area (Å²) in [6.45, 7) is 4.24. The number of H-pyrrole nitrogens is 1. The molecule has 2 heterocycles. The van der Waals surface area contributed by atoms with Crippen molar-refractivity contribution in [3.8, 4) is 0 Å². The fourth-order valence-corrected chi connectivity index (χ4v) is 2.20. The molecule has 0 aromatic carbocycles. The van der Waals surface area contributed by atoms with Crippen LogP contribution in [0, 0.1) is 4.77 Å². The van der Waals surface area contributed by atoms with E-state index in [1.807, 2.05) is 30.6 Å². The average Bonchev–Trinajstić information content (AvgIpc) is 2.70. The van der Waals surface area contributed by atoms with Crippen LogP contribution in [0.2, 0.25) is 0 Å². The summed E-state index contributed by atoms with van der Waals surface area (Å²) in [6, 6.07) is 6.13. The zero-order valence-electron chi connectivity index (χ0n) is 9.47. The van der Waals surface area contributed by atoms with Crippen molar-refractivity contribution in [3.63, 3.8) is 0 Å². The van der Waals surface area contributed by atoms with Crippen LogP contribution in [-0.2, 0) is 6.42 Å². The van der Waals surface area contributed by atoms with Crippen molar-refractivity contribution in [2.45, 2.75) is 26.3 Å². The number of rotatable bonds is 3. The number of nitrogens with zero attached hydrogens (tertiary/aromatic N) is 2. The van der Waals surface area contributed by atoms with Crippen molar-refractivity contribution in [1.29, 1.82) is 0 Å². The van der Waals surface area contributed by atoms with E-state index < -0.39 is 0 Å². The number of hydrogen-bond donors (Lipinski definition) is 1. The Hall–Kier alpha value is -1.42. The molecule has 16 heavy (non-hydrogen) atoms. The van der Waals surface area contributed by atoms with E-state index in [-0.39, 0.29) is 6.04 Å². The lowest BCUT2D eigenvalue weighted by Crippen LogP contribution is -2.11. The van der Waals surface area contributed by atoms with Gasteiger partial charge in [0.05, 0.1) is 11.7 Å². The van der Waals surface area contributed by atoms with Gasteiger partial charge in [-0.1, -0.05) is 13.0 Å². The first-order valence-corrected chi connectivity index (χ1v) is 5.84. The maximum atomic E-state index is 5.29. The van der Waals surface area contributed by atoms with E-state index in [1.54, 1.807) is 0 Å². The Morgan fingerprint density at radius 3 is 2.94 bits per heavy atom. The van der Waals surface area contributed by atoms with Crippen LogP contribution in [0.25, 0.3) is 0 Å². The fourth-order valence-electron chi connectivity index (χ4n) is 1.87. The minimum Gasteiger partial charge on any atom is -0.337 e. The second-order valence-electron chi connectivity index (χ2n) is 3.74. The van der Waals surface area contributed by atoms with Crippen LogP contribution in [0.15, 0.2) is 30.6 Å². The molecule has 0 radical (unpaired) electrons. The van der Waals surface area contributed by atoms with Gasteiger partial charge >= 0.3 is 0 Å². The van der Waals surface area contributed by atoms with Crippen LogP contribution in [0.4, 0.5) is 0 Å². The smallest absolute Gasteiger partial charge is 0.177 e. The van der Waals surface area contributed by atoms with Gasteiger partial charge in [-0.15, -0.1) is 0 Å². The summed E-state index contributed by atoms with van der Waals surface area (Å²) in [4.78, 5) is 7.46. The Morgan fingerprint density at radius 1 is 1.50 bits per heavy atom. The van der Waals surface area contributed by atoms with E-state index in [0.717, 1.165) is 16.9 Å². The summed E-state index contributed by atoms with van der Waals surface area (Å²) >= 11 is 5.29. The van der Waals surface area contributed by atoms with Gasteiger partial charge in [0.25, 0.3) is 0 Å². The summed E-state index contributed by atoms with van der Waals surface area (Å²) < 4.78 is 2.88. The third kappa shape index (κ3) is 1.93. The van der Waals surface area contributed by atoms with E-state index >= 15 is 0 Å². The highest BCUT2D eigenvalue weighted by molar-refractivity contribution is 7.71. The molecule has 0 saturated carbocycles. The summed E-state index contributed by atoms with van der Waals surface area (Å²) in [7, 11) is 0. The molecule has 0 bridgehead atoms. The number of aryl methyl sites for hydroxylation is 1. The molecule has 0 fully saturated rings. The molecule has 2 rings (SSSR count). The summed E-state index contributed by atoms with van der Waals surface area (Å²) in [6.07, 6.45) is 4.75. The first kappa shape index (κ1) is 11.1. The van der Waals surface area contributed by atoms with Crippen molar-refractivity contribution in [3.05, 3.63) is 46.8 Å². The summed E-state index contributed by atoms with van der Waals surface area (Å²) in [5.74, 6) is 0. The van der Waals surface area contributed by atoms with E-state index in [4.69, 9.17) is 12.2 Å². The largest absolute Gasteiger partial charge is 0.337 e. The van der Waals surface area contributed by atoms with Crippen molar-refractivity contribution < 1.29 is 0 Å². The Balaban J connectivity index is 2.45. The van der Waals surface area contributed by atoms with Crippen molar-refractivity contribution in [2.75, 3.05) is 0 Å². The van der Waals surface area contributed by atoms with Gasteiger partial charge < -0.3 is 9.55 Å². The zero-order chi connectivity index (χ0) is 11.5. The van der Waals surface area contributed by atoms with E-state index in [0.29, 0.717) is 0 Å². The molecule has 1 N–H and O–H groups in total. The number of imidazole rings is 1. The molecular formula is C12H15N3S. The Bertz CT molecular complexity index is 513. The lowest BCUT2D eigenvalue weighted by molar-refractivity contribution is 0.589. The lowest BCUT2D eigenvalue weighted by Gasteiger charge is -2.15. The number of hydrogen-bond acceptors (Lipinski definition) is 2. The second kappa shape index (κ2) is 4.61. The van der Waals surface area contributed by atoms with Crippen molar-refractivity contribution >= 4 is 12.2 Å². The minimum atomic E-state index is 0.176. The van der Waals surface area contributed by atoms with E-state index in [9.17, 15) is 0 Å². The molecule has 0 spiro atoms. The van der Waals surface area contributed by atoms with Crippen LogP contribution >= 0.6 is 12.2 Å². The number of pyridine rings is 1. The molecule has 0 aliphatic rings. The van der Waals surface area contributed by atoms with Crippen LogP contribution in [-0.4, -0.2) is 14.5 Å². The highest BCUT2D eigenvalue weighted by Crippen LogP contribution is 2.18. The molecule has 0 aliphatic heterocycles. The maximum Gasteiger partial charge on any atom is 0.177 e. The number of nitrogens with one attached hydrogen (secondary N) is 1. The lowest BCUT2D eigenvalue weighted by atomic mass is 10.2. The predicted octanol–water partition coefficient (Wildman–Crippen LogP) is 3.11. The Labute approximate surface area is 100 Å². The van der Waals surface area contributed by atoms with Crippen molar-refractivity contribution in [1.82, 2.24) is 14.5 Å². The fraction of sp³-hybridized carbons (Fsp3) is 0.333. The minimum absolute atomic E-state index is 0.176. The predicted molar refractivity (Wildman–Crippen MR) is 67.0 cm³/mol. The Kier molecular flexibility index (Phi) is 3.19. The third-order valence-electron chi connectivity index (χ3n) is 2.76. The topological polar surface area (TPSA) is 33.6 Å². The summed E-state index contributed by atoms with van der Waals surface area (Å²) in [5.41, 5.74) is 2.25. The number of aromatic nitrogens is 3. The molecule has 1 unspecified atom stereocenters. The van der Waals surface area contributed by atoms with Crippen LogP contribution in [0.5, 0.6) is 0 Å². The molecule has 0 saturated heterocycles. The Morgan fingerprint density at radius 2 is 2.31 bits per heavy atom. The maximum absolute atomic E-state index is 5.29. The van der Waals surface area contributed by atoms with Crippen LogP contribution in [0.1, 0.15) is 31.3 Å². The molecule has 1 atom stereocenters. The molecule has 0 amide bonds. The van der Waals surface area contributed by atoms with E-state index in [1.165, 1.54) is 5.69 Å². The zero-order valence-corrected chi connectivity index (χ0v) is 10.3. The van der Waals surface area contributed by atoms with Crippen LogP contribution < -0.4 is 0 Å². The van der Waals surface area contributed by atoms with Gasteiger partial charge in [-0.25, -0.2) is 0 Å². The van der Waals surface area contributed by atoms with Gasteiger partial charge in [-0.2, -0.15) is 0 Å². The van der Waals surface area contributed by atoms with Gasteiger partial charge in [0.1, 0.15) is 0 Å². The molecule has 3 nitrogen and oxygen atoms in total. The standard InChI is InChI=1S/C12H15N3S/c1-3-10-8-14-12(16)15(10)9(2)11-6-4-5-7-13-11/h4-9H,3H2,1-2H3,(H,14,16). The average molecular weight is 233 g/mol. The molecule has 2 aromatic heterocycles. The third-order valence-corrected chi connectivity index (χ3v) is 3.07. The first-order valence-electron chi connectivity index (χ1n) is 5.43. The highest BCUT2D eigenvalue weighted by atomic mass is 32.1. The SMILES string of the molecule is CCc1c[nH]c(=S)n1C(C)c1ccccn1. The van der Waals surface area contributed by atoms with Gasteiger partial charge in [0.2, 0.25) is 0 Å². The highest BCUT2D eigenvalue weighted by Gasteiger charge is 2.12. The normalized spacial score (nSPS) is 12.6. The monoisotopic (exact) mass is 233 g/mol. The van der Waals surface area contributed by atoms with Gasteiger partial charge in [-0.05, 0) is 37.7 Å². The second-order valence-corrected chi connectivity index (χ2v) is 4.13. The van der Waals surface area contributed by atoms with Crippen molar-refractivity contribution in [2.24, 2.45) is 0 Å². The molecule has 0 aliphatic carbocycles. The number of aromatic amines is 1. The molecule has 84 valence electrons. The molecule has 4 heteroatoms. The van der Waals surface area contributed by atoms with E-state index in [2.05, 4.69) is 28.4 Å². The van der Waals surface area contributed by atoms with Gasteiger partial charge in [-0.3, -0.25) is 4.98 Å². The first-order chi connectivity index (χ1) is 7.74. The molecular weight excluding hydrogens is 218 g/mol. The quantitative estimate of drug-likeness (QED) is 0.826. The van der Waals surface area contributed by atoms with Gasteiger partial charge in [0, 0.05) is 18.1 Å². The molecule has 2 aromatic rings.